The summed E-state index contributed by atoms with van der Waals surface area (Å²) >= 11 is 0. The van der Waals surface area contributed by atoms with Gasteiger partial charge in [0.2, 0.25) is 0 Å². The molecule has 0 aliphatic heterocycles. The molecular weight excluding hydrogens is 564 g/mol. The fourth-order valence-electron chi connectivity index (χ4n) is 6.50. The number of nitrogens with zero attached hydrogens (tertiary/aromatic N) is 2. The lowest BCUT2D eigenvalue weighted by Gasteiger charge is -2.25. The summed E-state index contributed by atoms with van der Waals surface area (Å²) in [6.45, 7) is 0. The van der Waals surface area contributed by atoms with Crippen LogP contribution in [0.5, 0.6) is 0 Å². The number of rotatable bonds is 6. The van der Waals surface area contributed by atoms with Crippen LogP contribution in [0.1, 0.15) is 0 Å². The molecule has 0 fully saturated rings. The lowest BCUT2D eigenvalue weighted by molar-refractivity contribution is 0.664. The lowest BCUT2D eigenvalue weighted by Crippen LogP contribution is -2.09. The van der Waals surface area contributed by atoms with Crippen molar-refractivity contribution >= 4 is 78.0 Å². The number of hydrogen-bond donors (Lipinski definition) is 0. The Morgan fingerprint density at radius 2 is 0.565 bits per heavy atom. The van der Waals surface area contributed by atoms with E-state index in [1.54, 1.807) is 0 Å². The van der Waals surface area contributed by atoms with Crippen molar-refractivity contribution in [1.82, 2.24) is 0 Å². The summed E-state index contributed by atoms with van der Waals surface area (Å²) in [6, 6.07) is 58.9. The Morgan fingerprint density at radius 1 is 0.261 bits per heavy atom. The van der Waals surface area contributed by atoms with Gasteiger partial charge in [-0.2, -0.15) is 0 Å². The van der Waals surface area contributed by atoms with Gasteiger partial charge in [-0.05, 0) is 97.1 Å². The number of fused-ring (bicyclic) bond motifs is 6. The van der Waals surface area contributed by atoms with Gasteiger partial charge in [0.1, 0.15) is 22.3 Å². The number of hydrogen-bond acceptors (Lipinski definition) is 4. The molecule has 46 heavy (non-hydrogen) atoms. The van der Waals surface area contributed by atoms with Crippen molar-refractivity contribution in [2.45, 2.75) is 0 Å². The van der Waals surface area contributed by atoms with Gasteiger partial charge < -0.3 is 18.6 Å². The number of furan rings is 2. The van der Waals surface area contributed by atoms with E-state index >= 15 is 0 Å². The second-order valence-corrected chi connectivity index (χ2v) is 11.4. The number of anilines is 6. The van der Waals surface area contributed by atoms with E-state index in [4.69, 9.17) is 8.83 Å². The predicted molar refractivity (Wildman–Crippen MR) is 190 cm³/mol. The van der Waals surface area contributed by atoms with Crippen LogP contribution in [0.3, 0.4) is 0 Å². The third-order valence-electron chi connectivity index (χ3n) is 8.60. The standard InChI is InChI=1S/C42H28N2O2/c1-5-13-29(14-6-1)43(30-15-7-2-8-16-30)33-21-23-39-35(25-33)37-27-42-38(28-41(37)45-39)36-26-34(22-24-40(36)46-42)44(31-17-9-3-10-18-31)32-19-11-4-12-20-32/h1-28H. The van der Waals surface area contributed by atoms with Gasteiger partial charge in [-0.1, -0.05) is 72.8 Å². The van der Waals surface area contributed by atoms with Crippen LogP contribution in [0.25, 0.3) is 43.9 Å². The Balaban J connectivity index is 1.19. The Hall–Kier alpha value is -6.26. The highest BCUT2D eigenvalue weighted by Crippen LogP contribution is 2.42. The van der Waals surface area contributed by atoms with Gasteiger partial charge in [-0.25, -0.2) is 0 Å². The molecule has 0 saturated carbocycles. The Kier molecular flexibility index (Phi) is 6.10. The van der Waals surface area contributed by atoms with Crippen molar-refractivity contribution in [2.24, 2.45) is 0 Å². The second kappa shape index (κ2) is 10.7. The van der Waals surface area contributed by atoms with E-state index in [0.717, 1.165) is 78.0 Å². The molecule has 0 spiro atoms. The van der Waals surface area contributed by atoms with Crippen molar-refractivity contribution in [3.8, 4) is 0 Å². The summed E-state index contributed by atoms with van der Waals surface area (Å²) in [5, 5.41) is 4.15. The average Bonchev–Trinajstić information content (AvgIpc) is 3.66. The van der Waals surface area contributed by atoms with Crippen molar-refractivity contribution in [3.05, 3.63) is 170 Å². The van der Waals surface area contributed by atoms with Crippen molar-refractivity contribution in [3.63, 3.8) is 0 Å². The van der Waals surface area contributed by atoms with Gasteiger partial charge in [-0.3, -0.25) is 0 Å². The highest BCUT2D eigenvalue weighted by molar-refractivity contribution is 6.15. The average molecular weight is 593 g/mol. The number of para-hydroxylation sites is 4. The Bertz CT molecular complexity index is 2210. The summed E-state index contributed by atoms with van der Waals surface area (Å²) in [4.78, 5) is 4.54. The molecule has 9 aromatic rings. The van der Waals surface area contributed by atoms with E-state index in [1.165, 1.54) is 0 Å². The summed E-state index contributed by atoms with van der Waals surface area (Å²) in [5.74, 6) is 0. The van der Waals surface area contributed by atoms with E-state index in [9.17, 15) is 0 Å². The predicted octanol–water partition coefficient (Wildman–Crippen LogP) is 12.4. The molecule has 4 heteroatoms. The SMILES string of the molecule is c1ccc(N(c2ccccc2)c2ccc3oc4cc5c(cc4c3c2)oc2ccc(N(c3ccccc3)c3ccccc3)cc25)cc1. The minimum atomic E-state index is 0.835. The van der Waals surface area contributed by atoms with Gasteiger partial charge in [0, 0.05) is 55.7 Å². The molecule has 0 bridgehead atoms. The van der Waals surface area contributed by atoms with Crippen LogP contribution in [-0.2, 0) is 0 Å². The highest BCUT2D eigenvalue weighted by Gasteiger charge is 2.19. The second-order valence-electron chi connectivity index (χ2n) is 11.4. The van der Waals surface area contributed by atoms with Crippen LogP contribution in [-0.4, -0.2) is 0 Å². The molecule has 0 aliphatic carbocycles. The van der Waals surface area contributed by atoms with Crippen molar-refractivity contribution < 1.29 is 8.83 Å². The van der Waals surface area contributed by atoms with E-state index in [1.807, 2.05) is 24.3 Å². The van der Waals surface area contributed by atoms with Crippen LogP contribution in [0.4, 0.5) is 34.1 Å². The van der Waals surface area contributed by atoms with E-state index in [0.29, 0.717) is 0 Å². The maximum absolute atomic E-state index is 6.47. The topological polar surface area (TPSA) is 32.8 Å². The largest absolute Gasteiger partial charge is 0.456 e. The van der Waals surface area contributed by atoms with Crippen LogP contribution in [0.15, 0.2) is 179 Å². The fourth-order valence-corrected chi connectivity index (χ4v) is 6.50. The minimum absolute atomic E-state index is 0.835. The van der Waals surface area contributed by atoms with Gasteiger partial charge in [0.25, 0.3) is 0 Å². The fraction of sp³-hybridized carbons (Fsp3) is 0. The zero-order chi connectivity index (χ0) is 30.5. The zero-order valence-electron chi connectivity index (χ0n) is 24.9. The molecule has 0 radical (unpaired) electrons. The maximum Gasteiger partial charge on any atom is 0.136 e. The molecular formula is C42H28N2O2. The molecule has 2 aromatic heterocycles. The first-order valence-electron chi connectivity index (χ1n) is 15.4. The van der Waals surface area contributed by atoms with Gasteiger partial charge in [-0.15, -0.1) is 0 Å². The zero-order valence-corrected chi connectivity index (χ0v) is 24.9. The monoisotopic (exact) mass is 592 g/mol. The molecule has 0 N–H and O–H groups in total. The van der Waals surface area contributed by atoms with Gasteiger partial charge in [0.15, 0.2) is 0 Å². The van der Waals surface area contributed by atoms with E-state index in [-0.39, 0.29) is 0 Å². The molecule has 218 valence electrons. The summed E-state index contributed by atoms with van der Waals surface area (Å²) in [5.41, 5.74) is 9.85. The van der Waals surface area contributed by atoms with Crippen LogP contribution in [0.2, 0.25) is 0 Å². The first kappa shape index (κ1) is 26.2. The lowest BCUT2D eigenvalue weighted by atomic mass is 10.1. The molecule has 2 heterocycles. The summed E-state index contributed by atoms with van der Waals surface area (Å²) in [7, 11) is 0. The summed E-state index contributed by atoms with van der Waals surface area (Å²) in [6.07, 6.45) is 0. The molecule has 0 atom stereocenters. The molecule has 0 saturated heterocycles. The first-order chi connectivity index (χ1) is 22.8. The quantitative estimate of drug-likeness (QED) is 0.192. The van der Waals surface area contributed by atoms with E-state index in [2.05, 4.69) is 155 Å². The summed E-state index contributed by atoms with van der Waals surface area (Å²) < 4.78 is 12.9. The molecule has 0 amide bonds. The van der Waals surface area contributed by atoms with Gasteiger partial charge in [0.05, 0.1) is 0 Å². The third kappa shape index (κ3) is 4.39. The Morgan fingerprint density at radius 3 is 0.891 bits per heavy atom. The molecule has 7 aromatic carbocycles. The van der Waals surface area contributed by atoms with Crippen molar-refractivity contribution in [1.29, 1.82) is 0 Å². The van der Waals surface area contributed by atoms with Crippen LogP contribution in [0, 0.1) is 0 Å². The maximum atomic E-state index is 6.47. The smallest absolute Gasteiger partial charge is 0.136 e. The minimum Gasteiger partial charge on any atom is -0.456 e. The first-order valence-corrected chi connectivity index (χ1v) is 15.4. The molecule has 9 rings (SSSR count). The van der Waals surface area contributed by atoms with Gasteiger partial charge >= 0.3 is 0 Å². The molecule has 4 nitrogen and oxygen atoms in total. The molecule has 0 unspecified atom stereocenters. The highest BCUT2D eigenvalue weighted by atomic mass is 16.3. The Labute approximate surface area is 265 Å². The number of benzene rings is 7. The third-order valence-corrected chi connectivity index (χ3v) is 8.60. The van der Waals surface area contributed by atoms with E-state index < -0.39 is 0 Å². The van der Waals surface area contributed by atoms with Crippen LogP contribution < -0.4 is 9.80 Å². The van der Waals surface area contributed by atoms with Crippen molar-refractivity contribution in [2.75, 3.05) is 9.80 Å². The normalized spacial score (nSPS) is 11.5. The molecule has 0 aliphatic rings. The van der Waals surface area contributed by atoms with Crippen LogP contribution >= 0.6 is 0 Å².